The van der Waals surface area contributed by atoms with Crippen LogP contribution in [0.4, 0.5) is 5.69 Å². The summed E-state index contributed by atoms with van der Waals surface area (Å²) in [5.41, 5.74) is 0.348. The molecule has 100 valence electrons. The fourth-order valence-corrected chi connectivity index (χ4v) is 1.99. The van der Waals surface area contributed by atoms with Crippen molar-refractivity contribution < 1.29 is 14.3 Å². The van der Waals surface area contributed by atoms with Gasteiger partial charge >= 0.3 is 5.97 Å². The number of anilines is 1. The SMILES string of the molecule is COC(=O)C(C)(C)CNc1ccc(OC)c(Br)c1. The minimum absolute atomic E-state index is 0.234. The number of ether oxygens (including phenoxy) is 2. The third kappa shape index (κ3) is 3.63. The van der Waals surface area contributed by atoms with Crippen molar-refractivity contribution in [3.05, 3.63) is 22.7 Å². The van der Waals surface area contributed by atoms with E-state index in [4.69, 9.17) is 9.47 Å². The Morgan fingerprint density at radius 2 is 2.06 bits per heavy atom. The van der Waals surface area contributed by atoms with Gasteiger partial charge in [-0.1, -0.05) is 0 Å². The molecule has 0 radical (unpaired) electrons. The van der Waals surface area contributed by atoms with Crippen molar-refractivity contribution in [1.29, 1.82) is 0 Å². The smallest absolute Gasteiger partial charge is 0.313 e. The number of methoxy groups -OCH3 is 2. The van der Waals surface area contributed by atoms with E-state index in [0.717, 1.165) is 15.9 Å². The van der Waals surface area contributed by atoms with Crippen LogP contribution in [0.25, 0.3) is 0 Å². The van der Waals surface area contributed by atoms with E-state index < -0.39 is 5.41 Å². The van der Waals surface area contributed by atoms with Crippen molar-refractivity contribution in [2.24, 2.45) is 5.41 Å². The minimum atomic E-state index is -0.568. The standard InChI is InChI=1S/C13H18BrNO3/c1-13(2,12(16)18-4)8-15-9-5-6-11(17-3)10(14)7-9/h5-7,15H,8H2,1-4H3. The summed E-state index contributed by atoms with van der Waals surface area (Å²) < 4.78 is 10.8. The van der Waals surface area contributed by atoms with Crippen molar-refractivity contribution in [2.75, 3.05) is 26.1 Å². The number of hydrogen-bond donors (Lipinski definition) is 1. The molecule has 1 aromatic rings. The molecule has 0 aromatic heterocycles. The number of esters is 1. The van der Waals surface area contributed by atoms with Gasteiger partial charge in [0, 0.05) is 12.2 Å². The van der Waals surface area contributed by atoms with E-state index in [-0.39, 0.29) is 5.97 Å². The Labute approximate surface area is 116 Å². The number of carbonyl (C=O) groups excluding carboxylic acids is 1. The molecule has 1 rings (SSSR count). The summed E-state index contributed by atoms with van der Waals surface area (Å²) in [5, 5.41) is 3.21. The largest absolute Gasteiger partial charge is 0.496 e. The molecule has 0 atom stereocenters. The first-order chi connectivity index (χ1) is 8.40. The Bertz CT molecular complexity index is 432. The minimum Gasteiger partial charge on any atom is -0.496 e. The van der Waals surface area contributed by atoms with E-state index in [9.17, 15) is 4.79 Å². The van der Waals surface area contributed by atoms with Crippen molar-refractivity contribution in [3.8, 4) is 5.75 Å². The normalized spacial score (nSPS) is 10.9. The molecule has 0 fully saturated rings. The fourth-order valence-electron chi connectivity index (χ4n) is 1.45. The molecule has 0 aliphatic heterocycles. The molecule has 0 saturated carbocycles. The Morgan fingerprint density at radius 3 is 2.56 bits per heavy atom. The van der Waals surface area contributed by atoms with Gasteiger partial charge in [0.05, 0.1) is 24.1 Å². The van der Waals surface area contributed by atoms with Crippen molar-refractivity contribution in [2.45, 2.75) is 13.8 Å². The predicted molar refractivity (Wildman–Crippen MR) is 75.0 cm³/mol. The first-order valence-corrected chi connectivity index (χ1v) is 6.36. The number of carbonyl (C=O) groups is 1. The number of rotatable bonds is 5. The summed E-state index contributed by atoms with van der Waals surface area (Å²) in [5.74, 6) is 0.537. The molecule has 5 heteroatoms. The average Bonchev–Trinajstić information content (AvgIpc) is 2.35. The first-order valence-electron chi connectivity index (χ1n) is 5.56. The van der Waals surface area contributed by atoms with Gasteiger partial charge in [0.25, 0.3) is 0 Å². The zero-order chi connectivity index (χ0) is 13.8. The summed E-state index contributed by atoms with van der Waals surface area (Å²) in [6, 6.07) is 5.67. The van der Waals surface area contributed by atoms with E-state index in [1.54, 1.807) is 7.11 Å². The second kappa shape index (κ2) is 6.09. The lowest BCUT2D eigenvalue weighted by Crippen LogP contribution is -2.33. The van der Waals surface area contributed by atoms with Gasteiger partial charge < -0.3 is 14.8 Å². The average molecular weight is 316 g/mol. The Balaban J connectivity index is 2.69. The number of halogens is 1. The highest BCUT2D eigenvalue weighted by atomic mass is 79.9. The quantitative estimate of drug-likeness (QED) is 0.848. The second-order valence-corrected chi connectivity index (χ2v) is 5.43. The molecule has 1 aromatic carbocycles. The third-order valence-corrected chi connectivity index (χ3v) is 3.24. The van der Waals surface area contributed by atoms with Gasteiger partial charge in [-0.3, -0.25) is 4.79 Å². The van der Waals surface area contributed by atoms with E-state index in [2.05, 4.69) is 21.2 Å². The lowest BCUT2D eigenvalue weighted by molar-refractivity contribution is -0.149. The monoisotopic (exact) mass is 315 g/mol. The number of nitrogens with one attached hydrogen (secondary N) is 1. The Hall–Kier alpha value is -1.23. The molecule has 0 saturated heterocycles. The molecular weight excluding hydrogens is 298 g/mol. The van der Waals surface area contributed by atoms with Gasteiger partial charge in [-0.2, -0.15) is 0 Å². The van der Waals surface area contributed by atoms with E-state index >= 15 is 0 Å². The van der Waals surface area contributed by atoms with Gasteiger partial charge in [0.1, 0.15) is 5.75 Å². The van der Waals surface area contributed by atoms with Crippen molar-refractivity contribution >= 4 is 27.6 Å². The molecule has 0 bridgehead atoms. The number of benzene rings is 1. The van der Waals surface area contributed by atoms with Crippen LogP contribution in [0.15, 0.2) is 22.7 Å². The molecule has 18 heavy (non-hydrogen) atoms. The first kappa shape index (κ1) is 14.8. The van der Waals surface area contributed by atoms with E-state index in [0.29, 0.717) is 6.54 Å². The summed E-state index contributed by atoms with van der Waals surface area (Å²) >= 11 is 3.41. The molecule has 1 N–H and O–H groups in total. The third-order valence-electron chi connectivity index (χ3n) is 2.62. The van der Waals surface area contributed by atoms with Gasteiger partial charge in [0.15, 0.2) is 0 Å². The predicted octanol–water partition coefficient (Wildman–Crippen LogP) is 3.07. The zero-order valence-corrected chi connectivity index (χ0v) is 12.6. The highest BCUT2D eigenvalue weighted by molar-refractivity contribution is 9.10. The molecular formula is C13H18BrNO3. The van der Waals surface area contributed by atoms with Gasteiger partial charge in [0.2, 0.25) is 0 Å². The molecule has 0 unspecified atom stereocenters. The van der Waals surface area contributed by atoms with E-state index in [1.165, 1.54) is 7.11 Å². The van der Waals surface area contributed by atoms with Crippen LogP contribution in [0.2, 0.25) is 0 Å². The summed E-state index contributed by atoms with van der Waals surface area (Å²) in [6.07, 6.45) is 0. The van der Waals surface area contributed by atoms with Gasteiger partial charge in [-0.05, 0) is 48.0 Å². The maximum atomic E-state index is 11.5. The van der Waals surface area contributed by atoms with Crippen LogP contribution in [0, 0.1) is 5.41 Å². The Kier molecular flexibility index (Phi) is 5.02. The van der Waals surface area contributed by atoms with Gasteiger partial charge in [-0.15, -0.1) is 0 Å². The van der Waals surface area contributed by atoms with Crippen LogP contribution in [-0.2, 0) is 9.53 Å². The highest BCUT2D eigenvalue weighted by Crippen LogP contribution is 2.28. The number of hydrogen-bond acceptors (Lipinski definition) is 4. The van der Waals surface area contributed by atoms with Crippen LogP contribution in [-0.4, -0.2) is 26.7 Å². The molecule has 0 aliphatic rings. The second-order valence-electron chi connectivity index (χ2n) is 4.58. The molecule has 0 aliphatic carbocycles. The van der Waals surface area contributed by atoms with Crippen LogP contribution < -0.4 is 10.1 Å². The maximum Gasteiger partial charge on any atom is 0.313 e. The summed E-state index contributed by atoms with van der Waals surface area (Å²) in [7, 11) is 3.02. The molecule has 0 spiro atoms. The van der Waals surface area contributed by atoms with Gasteiger partial charge in [-0.25, -0.2) is 0 Å². The lowest BCUT2D eigenvalue weighted by Gasteiger charge is -2.22. The van der Waals surface area contributed by atoms with Crippen molar-refractivity contribution in [3.63, 3.8) is 0 Å². The zero-order valence-electron chi connectivity index (χ0n) is 11.0. The summed E-state index contributed by atoms with van der Waals surface area (Å²) in [4.78, 5) is 11.5. The Morgan fingerprint density at radius 1 is 1.39 bits per heavy atom. The topological polar surface area (TPSA) is 47.6 Å². The fraction of sp³-hybridized carbons (Fsp3) is 0.462. The molecule has 0 heterocycles. The van der Waals surface area contributed by atoms with Crippen molar-refractivity contribution in [1.82, 2.24) is 0 Å². The van der Waals surface area contributed by atoms with Crippen LogP contribution in [0.1, 0.15) is 13.8 Å². The lowest BCUT2D eigenvalue weighted by atomic mass is 9.93. The van der Waals surface area contributed by atoms with E-state index in [1.807, 2.05) is 32.0 Å². The molecule has 0 amide bonds. The van der Waals surface area contributed by atoms with Crippen LogP contribution in [0.5, 0.6) is 5.75 Å². The molecule has 4 nitrogen and oxygen atoms in total. The maximum absolute atomic E-state index is 11.5. The summed E-state index contributed by atoms with van der Waals surface area (Å²) in [6.45, 7) is 4.17. The van der Waals surface area contributed by atoms with Crippen LogP contribution in [0.3, 0.4) is 0 Å². The van der Waals surface area contributed by atoms with Crippen LogP contribution >= 0.6 is 15.9 Å². The highest BCUT2D eigenvalue weighted by Gasteiger charge is 2.28.